The lowest BCUT2D eigenvalue weighted by Crippen LogP contribution is -2.58. The topological polar surface area (TPSA) is 73.0 Å². The molecule has 0 bridgehead atoms. The van der Waals surface area contributed by atoms with Gasteiger partial charge in [-0.05, 0) is 27.3 Å². The van der Waals surface area contributed by atoms with Crippen LogP contribution in [0.3, 0.4) is 0 Å². The molecule has 2 rings (SSSR count). The number of nitrogens with one attached hydrogen (secondary N) is 1. The highest BCUT2D eigenvalue weighted by Gasteiger charge is 2.33. The summed E-state index contributed by atoms with van der Waals surface area (Å²) in [4.78, 5) is 18.5. The van der Waals surface area contributed by atoms with Crippen molar-refractivity contribution in [3.05, 3.63) is 0 Å². The number of sulfone groups is 1. The van der Waals surface area contributed by atoms with Crippen molar-refractivity contribution >= 4 is 15.9 Å². The molecule has 7 nitrogen and oxygen atoms in total. The maximum atomic E-state index is 12.1. The first kappa shape index (κ1) is 18.5. The van der Waals surface area contributed by atoms with Gasteiger partial charge in [-0.3, -0.25) is 9.80 Å². The van der Waals surface area contributed by atoms with Crippen LogP contribution in [0.15, 0.2) is 0 Å². The largest absolute Gasteiger partial charge is 0.337 e. The number of amides is 2. The Morgan fingerprint density at radius 2 is 1.96 bits per heavy atom. The third-order valence-electron chi connectivity index (χ3n) is 5.14. The minimum absolute atomic E-state index is 0.149. The zero-order valence-corrected chi connectivity index (χ0v) is 15.5. The van der Waals surface area contributed by atoms with Crippen LogP contribution >= 0.6 is 0 Å². The Labute approximate surface area is 139 Å². The Kier molecular flexibility index (Phi) is 5.58. The van der Waals surface area contributed by atoms with Gasteiger partial charge in [0.05, 0.1) is 5.25 Å². The molecule has 2 saturated heterocycles. The van der Waals surface area contributed by atoms with Crippen LogP contribution in [0.2, 0.25) is 0 Å². The molecule has 1 atom stereocenters. The van der Waals surface area contributed by atoms with Crippen LogP contribution in [0.1, 0.15) is 20.3 Å². The van der Waals surface area contributed by atoms with E-state index in [1.54, 1.807) is 4.90 Å². The maximum Gasteiger partial charge on any atom is 0.317 e. The Balaban J connectivity index is 1.72. The van der Waals surface area contributed by atoms with Gasteiger partial charge in [0.25, 0.3) is 0 Å². The van der Waals surface area contributed by atoms with Gasteiger partial charge in [0.15, 0.2) is 9.84 Å². The highest BCUT2D eigenvalue weighted by molar-refractivity contribution is 7.91. The molecule has 0 saturated carbocycles. The number of urea groups is 1. The molecule has 0 radical (unpaired) electrons. The molecular formula is C15H30N4O3S. The first-order valence-corrected chi connectivity index (χ1v) is 10.2. The number of likely N-dealkylation sites (N-methyl/N-ethyl adjacent to an activating group) is 1. The van der Waals surface area contributed by atoms with Crippen molar-refractivity contribution < 1.29 is 13.2 Å². The summed E-state index contributed by atoms with van der Waals surface area (Å²) in [7, 11) is -0.916. The van der Waals surface area contributed by atoms with Crippen molar-refractivity contribution in [1.29, 1.82) is 0 Å². The molecule has 134 valence electrons. The maximum absolute atomic E-state index is 12.1. The van der Waals surface area contributed by atoms with Crippen molar-refractivity contribution in [3.8, 4) is 0 Å². The molecule has 0 aromatic carbocycles. The Morgan fingerprint density at radius 1 is 1.26 bits per heavy atom. The number of nitrogens with zero attached hydrogens (tertiary/aromatic N) is 3. The molecule has 23 heavy (non-hydrogen) atoms. The summed E-state index contributed by atoms with van der Waals surface area (Å²) in [6, 6.07) is -0.149. The highest BCUT2D eigenvalue weighted by Crippen LogP contribution is 2.18. The molecule has 2 amide bonds. The number of hydrogen-bond donors (Lipinski definition) is 1. The lowest BCUT2D eigenvalue weighted by atomic mass is 10.00. The lowest BCUT2D eigenvalue weighted by Gasteiger charge is -2.45. The van der Waals surface area contributed by atoms with E-state index in [0.29, 0.717) is 26.1 Å². The van der Waals surface area contributed by atoms with E-state index >= 15 is 0 Å². The van der Waals surface area contributed by atoms with Crippen molar-refractivity contribution in [2.24, 2.45) is 0 Å². The predicted octanol–water partition coefficient (Wildman–Crippen LogP) is -0.159. The van der Waals surface area contributed by atoms with Crippen molar-refractivity contribution in [3.63, 3.8) is 0 Å². The number of piperazine rings is 1. The molecule has 1 N–H and O–H groups in total. The second-order valence-electron chi connectivity index (χ2n) is 7.43. The summed E-state index contributed by atoms with van der Waals surface area (Å²) in [6.45, 7) is 9.74. The number of carbonyl (C=O) groups is 1. The molecule has 0 aromatic heterocycles. The first-order valence-electron chi connectivity index (χ1n) is 8.25. The fourth-order valence-corrected chi connectivity index (χ4v) is 4.21. The van der Waals surface area contributed by atoms with Gasteiger partial charge in [-0.1, -0.05) is 0 Å². The average molecular weight is 346 g/mol. The van der Waals surface area contributed by atoms with Gasteiger partial charge in [-0.2, -0.15) is 0 Å². The third kappa shape index (κ3) is 4.81. The average Bonchev–Trinajstić information content (AvgIpc) is 2.92. The van der Waals surface area contributed by atoms with E-state index in [0.717, 1.165) is 26.2 Å². The van der Waals surface area contributed by atoms with Gasteiger partial charge in [0, 0.05) is 57.6 Å². The molecule has 2 aliphatic rings. The van der Waals surface area contributed by atoms with Crippen LogP contribution in [-0.2, 0) is 9.84 Å². The van der Waals surface area contributed by atoms with Crippen molar-refractivity contribution in [1.82, 2.24) is 20.0 Å². The molecule has 1 unspecified atom stereocenters. The minimum Gasteiger partial charge on any atom is -0.337 e. The SMILES string of the molecule is CN1CCN(CCNC(=O)N2CCC(S(C)(=O)=O)C2)CC1(C)C. The number of likely N-dealkylation sites (tertiary alicyclic amines) is 1. The highest BCUT2D eigenvalue weighted by atomic mass is 32.2. The van der Waals surface area contributed by atoms with Crippen LogP contribution in [0.5, 0.6) is 0 Å². The quantitative estimate of drug-likeness (QED) is 0.766. The van der Waals surface area contributed by atoms with E-state index in [4.69, 9.17) is 0 Å². The number of rotatable bonds is 4. The van der Waals surface area contributed by atoms with Gasteiger partial charge in [-0.25, -0.2) is 13.2 Å². The van der Waals surface area contributed by atoms with Crippen LogP contribution in [0, 0.1) is 0 Å². The normalized spacial score (nSPS) is 26.4. The van der Waals surface area contributed by atoms with Crippen LogP contribution in [0.25, 0.3) is 0 Å². The van der Waals surface area contributed by atoms with Gasteiger partial charge in [-0.15, -0.1) is 0 Å². The van der Waals surface area contributed by atoms with E-state index < -0.39 is 15.1 Å². The summed E-state index contributed by atoms with van der Waals surface area (Å²) in [5, 5.41) is 2.51. The summed E-state index contributed by atoms with van der Waals surface area (Å²) in [5.74, 6) is 0. The van der Waals surface area contributed by atoms with Crippen molar-refractivity contribution in [2.75, 3.05) is 59.1 Å². The Bertz CT molecular complexity index is 535. The summed E-state index contributed by atoms with van der Waals surface area (Å²) >= 11 is 0. The summed E-state index contributed by atoms with van der Waals surface area (Å²) in [5.41, 5.74) is 0.153. The molecule has 0 aliphatic carbocycles. The molecule has 0 spiro atoms. The minimum atomic E-state index is -3.06. The second kappa shape index (κ2) is 6.94. The fourth-order valence-electron chi connectivity index (χ4n) is 3.23. The fraction of sp³-hybridized carbons (Fsp3) is 0.933. The Morgan fingerprint density at radius 3 is 2.52 bits per heavy atom. The summed E-state index contributed by atoms with van der Waals surface area (Å²) < 4.78 is 23.1. The monoisotopic (exact) mass is 346 g/mol. The zero-order valence-electron chi connectivity index (χ0n) is 14.7. The molecule has 2 heterocycles. The van der Waals surface area contributed by atoms with Gasteiger partial charge >= 0.3 is 6.03 Å². The van der Waals surface area contributed by atoms with Crippen LogP contribution < -0.4 is 5.32 Å². The van der Waals surface area contributed by atoms with Crippen LogP contribution in [-0.4, -0.2) is 99.1 Å². The standard InChI is InChI=1S/C15H30N4O3S/c1-15(2)12-18(10-9-17(15)3)8-6-16-14(20)19-7-5-13(11-19)23(4,21)22/h13H,5-12H2,1-4H3,(H,16,20). The summed E-state index contributed by atoms with van der Waals surface area (Å²) in [6.07, 6.45) is 1.78. The van der Waals surface area contributed by atoms with Crippen molar-refractivity contribution in [2.45, 2.75) is 31.1 Å². The predicted molar refractivity (Wildman–Crippen MR) is 91.4 cm³/mol. The smallest absolute Gasteiger partial charge is 0.317 e. The third-order valence-corrected chi connectivity index (χ3v) is 6.73. The number of hydrogen-bond acceptors (Lipinski definition) is 5. The van der Waals surface area contributed by atoms with Gasteiger partial charge in [0.2, 0.25) is 0 Å². The van der Waals surface area contributed by atoms with E-state index in [9.17, 15) is 13.2 Å². The molecule has 2 aliphatic heterocycles. The lowest BCUT2D eigenvalue weighted by molar-refractivity contribution is 0.0409. The number of carbonyl (C=O) groups excluding carboxylic acids is 1. The Hall–Kier alpha value is -0.860. The molecule has 8 heteroatoms. The van der Waals surface area contributed by atoms with E-state index in [-0.39, 0.29) is 11.6 Å². The molecule has 2 fully saturated rings. The van der Waals surface area contributed by atoms with Crippen LogP contribution in [0.4, 0.5) is 4.79 Å². The van der Waals surface area contributed by atoms with E-state index in [1.165, 1.54) is 6.26 Å². The van der Waals surface area contributed by atoms with Gasteiger partial charge in [0.1, 0.15) is 0 Å². The first-order chi connectivity index (χ1) is 10.6. The van der Waals surface area contributed by atoms with E-state index in [2.05, 4.69) is 36.0 Å². The van der Waals surface area contributed by atoms with Gasteiger partial charge < -0.3 is 10.2 Å². The van der Waals surface area contributed by atoms with E-state index in [1.807, 2.05) is 0 Å². The second-order valence-corrected chi connectivity index (χ2v) is 9.75. The molecular weight excluding hydrogens is 316 g/mol. The molecule has 0 aromatic rings. The zero-order chi connectivity index (χ0) is 17.3.